The molecule has 37 heavy (non-hydrogen) atoms. The van der Waals surface area contributed by atoms with Crippen molar-refractivity contribution in [1.29, 1.82) is 0 Å². The standard InChI is InChI=1S/C28H36N4O5/c1-4-31-17-26(33)29-24-16-32(28(35)18-30(2)3)12-11-25(24)36-19-21-8-6-10-23(14-21)37-22-9-5-7-20(13-22)15-27(31)34/h5-10,13-14,24-25H,4,11-12,15-19H2,1-3H3,(H,29,33)/t24-,25-/m0/s1. The first-order valence-electron chi connectivity index (χ1n) is 12.8. The first-order chi connectivity index (χ1) is 17.8. The van der Waals surface area contributed by atoms with Gasteiger partial charge in [-0.15, -0.1) is 0 Å². The molecule has 2 aliphatic heterocycles. The Bertz CT molecular complexity index is 1120. The largest absolute Gasteiger partial charge is 0.457 e. The average molecular weight is 509 g/mol. The van der Waals surface area contributed by atoms with Gasteiger partial charge in [0.1, 0.15) is 11.5 Å². The van der Waals surface area contributed by atoms with Crippen LogP contribution in [0.5, 0.6) is 11.5 Å². The SMILES string of the molecule is CCN1CC(=O)N[C@H]2CN(C(=O)CN(C)C)CC[C@@H]2OCc2cccc(c2)Oc2cccc(c2)CC1=O. The fraction of sp³-hybridized carbons (Fsp3) is 0.464. The Kier molecular flexibility index (Phi) is 8.78. The number of rotatable bonds is 3. The lowest BCUT2D eigenvalue weighted by Crippen LogP contribution is -2.59. The number of amides is 3. The Balaban J connectivity index is 1.59. The maximum atomic E-state index is 13.1. The Hall–Kier alpha value is -3.43. The van der Waals surface area contributed by atoms with Crippen molar-refractivity contribution >= 4 is 17.7 Å². The highest BCUT2D eigenvalue weighted by Crippen LogP contribution is 2.25. The first kappa shape index (κ1) is 26.6. The highest BCUT2D eigenvalue weighted by Gasteiger charge is 2.34. The maximum Gasteiger partial charge on any atom is 0.239 e. The van der Waals surface area contributed by atoms with Gasteiger partial charge in [-0.05, 0) is 62.8 Å². The third kappa shape index (κ3) is 7.30. The topological polar surface area (TPSA) is 91.4 Å². The fourth-order valence-corrected chi connectivity index (χ4v) is 4.71. The molecule has 1 N–H and O–H groups in total. The number of carbonyl (C=O) groups is 3. The molecule has 0 aromatic heterocycles. The molecule has 1 saturated heterocycles. The number of likely N-dealkylation sites (N-methyl/N-ethyl adjacent to an activating group) is 2. The first-order valence-corrected chi connectivity index (χ1v) is 12.8. The molecule has 0 saturated carbocycles. The summed E-state index contributed by atoms with van der Waals surface area (Å²) in [6, 6.07) is 14.7. The zero-order valence-corrected chi connectivity index (χ0v) is 21.8. The molecule has 9 heteroatoms. The van der Waals surface area contributed by atoms with Crippen LogP contribution in [0.1, 0.15) is 24.5 Å². The van der Waals surface area contributed by atoms with Crippen LogP contribution in [-0.2, 0) is 32.1 Å². The van der Waals surface area contributed by atoms with E-state index in [4.69, 9.17) is 9.47 Å². The third-order valence-electron chi connectivity index (χ3n) is 6.62. The molecule has 0 radical (unpaired) electrons. The van der Waals surface area contributed by atoms with Gasteiger partial charge >= 0.3 is 0 Å². The summed E-state index contributed by atoms with van der Waals surface area (Å²) in [6.07, 6.45) is 0.497. The number of ether oxygens (including phenoxy) is 2. The van der Waals surface area contributed by atoms with Crippen molar-refractivity contribution in [2.75, 3.05) is 46.8 Å². The van der Waals surface area contributed by atoms with Gasteiger partial charge in [-0.3, -0.25) is 14.4 Å². The number of benzene rings is 2. The Morgan fingerprint density at radius 1 is 1.08 bits per heavy atom. The predicted molar refractivity (Wildman–Crippen MR) is 139 cm³/mol. The normalized spacial score (nSPS) is 21.1. The lowest BCUT2D eigenvalue weighted by Gasteiger charge is -2.39. The van der Waals surface area contributed by atoms with Crippen molar-refractivity contribution in [2.24, 2.45) is 0 Å². The molecule has 2 aromatic carbocycles. The van der Waals surface area contributed by atoms with E-state index in [1.165, 1.54) is 4.90 Å². The van der Waals surface area contributed by atoms with Gasteiger partial charge in [-0.1, -0.05) is 24.3 Å². The lowest BCUT2D eigenvalue weighted by molar-refractivity contribution is -0.139. The molecule has 2 aliphatic rings. The van der Waals surface area contributed by atoms with Gasteiger partial charge < -0.3 is 29.5 Å². The van der Waals surface area contributed by atoms with Crippen LogP contribution in [0.25, 0.3) is 0 Å². The van der Waals surface area contributed by atoms with E-state index in [1.54, 1.807) is 4.90 Å². The summed E-state index contributed by atoms with van der Waals surface area (Å²) in [4.78, 5) is 44.0. The van der Waals surface area contributed by atoms with Crippen LogP contribution in [-0.4, -0.2) is 91.4 Å². The molecule has 198 valence electrons. The molecule has 1 fully saturated rings. The zero-order chi connectivity index (χ0) is 26.4. The van der Waals surface area contributed by atoms with Crippen LogP contribution in [0, 0.1) is 0 Å². The smallest absolute Gasteiger partial charge is 0.239 e. The van der Waals surface area contributed by atoms with Crippen molar-refractivity contribution in [3.63, 3.8) is 0 Å². The highest BCUT2D eigenvalue weighted by molar-refractivity contribution is 5.86. The molecular weight excluding hydrogens is 472 g/mol. The number of carbonyl (C=O) groups excluding carboxylic acids is 3. The van der Waals surface area contributed by atoms with Crippen LogP contribution < -0.4 is 10.1 Å². The molecule has 2 heterocycles. The van der Waals surface area contributed by atoms with Gasteiger partial charge in [-0.2, -0.15) is 0 Å². The van der Waals surface area contributed by atoms with Crippen molar-refractivity contribution in [1.82, 2.24) is 20.0 Å². The number of likely N-dealkylation sites (tertiary alicyclic amines) is 1. The number of hydrogen-bond donors (Lipinski definition) is 1. The monoisotopic (exact) mass is 508 g/mol. The number of nitrogens with one attached hydrogen (secondary N) is 1. The van der Waals surface area contributed by atoms with Gasteiger partial charge in [0.05, 0.1) is 38.3 Å². The van der Waals surface area contributed by atoms with Gasteiger partial charge in [0, 0.05) is 19.6 Å². The van der Waals surface area contributed by atoms with Gasteiger partial charge in [-0.25, -0.2) is 0 Å². The van der Waals surface area contributed by atoms with Crippen molar-refractivity contribution < 1.29 is 23.9 Å². The van der Waals surface area contributed by atoms with E-state index in [0.29, 0.717) is 50.7 Å². The molecule has 4 rings (SSSR count). The van der Waals surface area contributed by atoms with Gasteiger partial charge in [0.25, 0.3) is 0 Å². The van der Waals surface area contributed by atoms with E-state index in [0.717, 1.165) is 11.1 Å². The van der Waals surface area contributed by atoms with E-state index < -0.39 is 0 Å². The number of piperidine rings is 1. The van der Waals surface area contributed by atoms with E-state index in [9.17, 15) is 14.4 Å². The second kappa shape index (κ2) is 12.2. The molecule has 9 nitrogen and oxygen atoms in total. The van der Waals surface area contributed by atoms with E-state index in [2.05, 4.69) is 5.32 Å². The zero-order valence-electron chi connectivity index (χ0n) is 21.8. The molecule has 0 unspecified atom stereocenters. The maximum absolute atomic E-state index is 13.1. The fourth-order valence-electron chi connectivity index (χ4n) is 4.71. The van der Waals surface area contributed by atoms with E-state index in [-0.39, 0.29) is 42.8 Å². The van der Waals surface area contributed by atoms with E-state index >= 15 is 0 Å². The lowest BCUT2D eigenvalue weighted by atomic mass is 10.0. The summed E-state index contributed by atoms with van der Waals surface area (Å²) >= 11 is 0. The summed E-state index contributed by atoms with van der Waals surface area (Å²) in [6.45, 7) is 3.78. The summed E-state index contributed by atoms with van der Waals surface area (Å²) in [7, 11) is 3.71. The number of fused-ring (bicyclic) bond motifs is 5. The number of hydrogen-bond acceptors (Lipinski definition) is 6. The molecule has 2 aromatic rings. The molecule has 3 amide bonds. The second-order valence-corrected chi connectivity index (χ2v) is 9.87. The number of nitrogens with zero attached hydrogens (tertiary/aromatic N) is 3. The summed E-state index contributed by atoms with van der Waals surface area (Å²) in [5.41, 5.74) is 1.76. The minimum Gasteiger partial charge on any atom is -0.457 e. The summed E-state index contributed by atoms with van der Waals surface area (Å²) in [5.74, 6) is 0.929. The van der Waals surface area contributed by atoms with Crippen LogP contribution in [0.2, 0.25) is 0 Å². The average Bonchev–Trinajstić information content (AvgIpc) is 2.86. The van der Waals surface area contributed by atoms with Gasteiger partial charge in [0.15, 0.2) is 0 Å². The molecule has 2 atom stereocenters. The van der Waals surface area contributed by atoms with Crippen molar-refractivity contribution in [2.45, 2.75) is 38.5 Å². The molecule has 0 spiro atoms. The van der Waals surface area contributed by atoms with Crippen molar-refractivity contribution in [3.05, 3.63) is 59.7 Å². The second-order valence-electron chi connectivity index (χ2n) is 9.87. The van der Waals surface area contributed by atoms with Crippen molar-refractivity contribution in [3.8, 4) is 11.5 Å². The molecular formula is C28H36N4O5. The Morgan fingerprint density at radius 2 is 1.78 bits per heavy atom. The third-order valence-corrected chi connectivity index (χ3v) is 6.62. The highest BCUT2D eigenvalue weighted by atomic mass is 16.5. The quantitative estimate of drug-likeness (QED) is 0.683. The van der Waals surface area contributed by atoms with Crippen LogP contribution >= 0.6 is 0 Å². The Morgan fingerprint density at radius 3 is 2.49 bits per heavy atom. The predicted octanol–water partition coefficient (Wildman–Crippen LogP) is 2.05. The van der Waals surface area contributed by atoms with E-state index in [1.807, 2.05) is 74.4 Å². The summed E-state index contributed by atoms with van der Waals surface area (Å²) < 4.78 is 12.4. The Labute approximate surface area is 218 Å². The van der Waals surface area contributed by atoms with Crippen LogP contribution in [0.15, 0.2) is 48.5 Å². The van der Waals surface area contributed by atoms with Gasteiger partial charge in [0.2, 0.25) is 17.7 Å². The minimum atomic E-state index is -0.383. The molecule has 4 bridgehead atoms. The molecule has 0 aliphatic carbocycles. The minimum absolute atomic E-state index is 0.0121. The van der Waals surface area contributed by atoms with Crippen LogP contribution in [0.4, 0.5) is 0 Å². The summed E-state index contributed by atoms with van der Waals surface area (Å²) in [5, 5.41) is 3.06. The van der Waals surface area contributed by atoms with Crippen LogP contribution in [0.3, 0.4) is 0 Å².